The molecule has 2 N–H and O–H groups in total. The number of aryl methyl sites for hydroxylation is 2. The van der Waals surface area contributed by atoms with Crippen molar-refractivity contribution in [2.75, 3.05) is 19.6 Å². The molecule has 0 bridgehead atoms. The monoisotopic (exact) mass is 354 g/mol. The zero-order chi connectivity index (χ0) is 18.4. The van der Waals surface area contributed by atoms with Crippen LogP contribution >= 0.6 is 0 Å². The zero-order valence-electron chi connectivity index (χ0n) is 15.9. The van der Waals surface area contributed by atoms with Gasteiger partial charge < -0.3 is 5.32 Å². The molecule has 140 valence electrons. The molecule has 1 aliphatic heterocycles. The van der Waals surface area contributed by atoms with E-state index in [1.54, 1.807) is 0 Å². The lowest BCUT2D eigenvalue weighted by molar-refractivity contribution is -0.120. The predicted octanol–water partition coefficient (Wildman–Crippen LogP) is 3.30. The summed E-state index contributed by atoms with van der Waals surface area (Å²) in [6.45, 7) is 6.77. The van der Waals surface area contributed by atoms with Crippen molar-refractivity contribution in [2.24, 2.45) is 0 Å². The number of aromatic amines is 1. The summed E-state index contributed by atoms with van der Waals surface area (Å²) in [5.74, 6) is 0.0633. The number of rotatable bonds is 6. The number of nitrogens with zero attached hydrogens (tertiary/aromatic N) is 2. The summed E-state index contributed by atoms with van der Waals surface area (Å²) < 4.78 is 0. The molecular formula is C21H30N4O. The van der Waals surface area contributed by atoms with E-state index in [0.717, 1.165) is 30.0 Å². The summed E-state index contributed by atoms with van der Waals surface area (Å²) in [5.41, 5.74) is 4.17. The second-order valence-corrected chi connectivity index (χ2v) is 7.27. The highest BCUT2D eigenvalue weighted by molar-refractivity contribution is 5.79. The van der Waals surface area contributed by atoms with Gasteiger partial charge in [0.1, 0.15) is 0 Å². The first kappa shape index (κ1) is 18.6. The third-order valence-electron chi connectivity index (χ3n) is 5.38. The Morgan fingerprint density at radius 1 is 1.15 bits per heavy atom. The van der Waals surface area contributed by atoms with Gasteiger partial charge in [0.25, 0.3) is 0 Å². The van der Waals surface area contributed by atoms with Gasteiger partial charge in [-0.25, -0.2) is 0 Å². The van der Waals surface area contributed by atoms with Crippen LogP contribution in [0.25, 0.3) is 0 Å². The van der Waals surface area contributed by atoms with Gasteiger partial charge in [-0.2, -0.15) is 5.10 Å². The topological polar surface area (TPSA) is 61.0 Å². The molecule has 3 rings (SSSR count). The summed E-state index contributed by atoms with van der Waals surface area (Å²) in [5, 5.41) is 10.3. The van der Waals surface area contributed by atoms with E-state index in [0.29, 0.717) is 13.0 Å². The van der Waals surface area contributed by atoms with E-state index in [-0.39, 0.29) is 11.9 Å². The maximum absolute atomic E-state index is 12.5. The molecule has 5 heteroatoms. The van der Waals surface area contributed by atoms with Crippen LogP contribution in [0.1, 0.15) is 54.2 Å². The van der Waals surface area contributed by atoms with Crippen LogP contribution in [0.5, 0.6) is 0 Å². The van der Waals surface area contributed by atoms with Gasteiger partial charge in [-0.15, -0.1) is 0 Å². The normalized spacial score (nSPS) is 16.8. The molecule has 0 unspecified atom stereocenters. The fourth-order valence-corrected chi connectivity index (χ4v) is 3.81. The van der Waals surface area contributed by atoms with Gasteiger partial charge in [0, 0.05) is 17.8 Å². The van der Waals surface area contributed by atoms with Gasteiger partial charge in [-0.3, -0.25) is 14.8 Å². The number of aromatic nitrogens is 2. The molecule has 5 nitrogen and oxygen atoms in total. The molecule has 1 amide bonds. The van der Waals surface area contributed by atoms with Crippen molar-refractivity contribution < 1.29 is 4.79 Å². The number of hydrogen-bond acceptors (Lipinski definition) is 3. The highest BCUT2D eigenvalue weighted by Gasteiger charge is 2.22. The molecule has 26 heavy (non-hydrogen) atoms. The molecule has 0 aliphatic carbocycles. The van der Waals surface area contributed by atoms with Crippen molar-refractivity contribution in [2.45, 2.75) is 52.0 Å². The molecule has 1 saturated heterocycles. The Labute approximate surface area is 156 Å². The van der Waals surface area contributed by atoms with Gasteiger partial charge in [0.2, 0.25) is 5.91 Å². The molecule has 1 atom stereocenters. The van der Waals surface area contributed by atoms with E-state index in [1.807, 2.05) is 19.9 Å². The minimum atomic E-state index is 0.0633. The maximum atomic E-state index is 12.5. The number of carbonyl (C=O) groups excluding carboxylic acids is 1. The Hall–Kier alpha value is -2.14. The molecule has 1 aliphatic rings. The van der Waals surface area contributed by atoms with Crippen LogP contribution in [0, 0.1) is 13.8 Å². The lowest BCUT2D eigenvalue weighted by Gasteiger charge is -2.31. The van der Waals surface area contributed by atoms with Crippen molar-refractivity contribution >= 4 is 5.91 Å². The van der Waals surface area contributed by atoms with E-state index in [4.69, 9.17) is 0 Å². The van der Waals surface area contributed by atoms with E-state index < -0.39 is 0 Å². The second-order valence-electron chi connectivity index (χ2n) is 7.27. The molecule has 2 aromatic rings. The Bertz CT molecular complexity index is 683. The molecule has 1 fully saturated rings. The average molecular weight is 354 g/mol. The minimum absolute atomic E-state index is 0.0633. The van der Waals surface area contributed by atoms with Crippen molar-refractivity contribution in [3.63, 3.8) is 0 Å². The Kier molecular flexibility index (Phi) is 6.45. The summed E-state index contributed by atoms with van der Waals surface area (Å²) in [6.07, 6.45) is 5.48. The number of amides is 1. The summed E-state index contributed by atoms with van der Waals surface area (Å²) in [7, 11) is 0. The van der Waals surface area contributed by atoms with Crippen LogP contribution in [0.15, 0.2) is 30.3 Å². The first-order valence-electron chi connectivity index (χ1n) is 9.71. The second kappa shape index (κ2) is 8.99. The number of carbonyl (C=O) groups is 1. The number of hydrogen-bond donors (Lipinski definition) is 2. The fourth-order valence-electron chi connectivity index (χ4n) is 3.81. The van der Waals surface area contributed by atoms with Crippen LogP contribution in [-0.2, 0) is 11.2 Å². The molecule has 0 radical (unpaired) electrons. The highest BCUT2D eigenvalue weighted by Crippen LogP contribution is 2.23. The van der Waals surface area contributed by atoms with Crippen LogP contribution < -0.4 is 5.32 Å². The number of nitrogens with one attached hydrogen (secondary N) is 2. The first-order valence-corrected chi connectivity index (χ1v) is 9.71. The van der Waals surface area contributed by atoms with E-state index in [2.05, 4.69) is 44.7 Å². The number of H-pyrrole nitrogens is 1. The molecule has 1 aromatic heterocycles. The highest BCUT2D eigenvalue weighted by atomic mass is 16.1. The van der Waals surface area contributed by atoms with Gasteiger partial charge >= 0.3 is 0 Å². The minimum Gasteiger partial charge on any atom is -0.354 e. The fraction of sp³-hybridized carbons (Fsp3) is 0.524. The van der Waals surface area contributed by atoms with E-state index in [9.17, 15) is 4.79 Å². The average Bonchev–Trinajstić information content (AvgIpc) is 2.85. The summed E-state index contributed by atoms with van der Waals surface area (Å²) in [4.78, 5) is 15.1. The van der Waals surface area contributed by atoms with Gasteiger partial charge in [-0.05, 0) is 45.3 Å². The van der Waals surface area contributed by atoms with Crippen LogP contribution in [0.2, 0.25) is 0 Å². The number of benzene rings is 1. The Morgan fingerprint density at radius 2 is 1.85 bits per heavy atom. The molecule has 0 spiro atoms. The summed E-state index contributed by atoms with van der Waals surface area (Å²) >= 11 is 0. The lowest BCUT2D eigenvalue weighted by atomic mass is 10.0. The largest absolute Gasteiger partial charge is 0.354 e. The molecular weight excluding hydrogens is 324 g/mol. The van der Waals surface area contributed by atoms with E-state index in [1.165, 1.54) is 31.2 Å². The van der Waals surface area contributed by atoms with Crippen molar-refractivity contribution in [3.05, 3.63) is 52.8 Å². The number of likely N-dealkylation sites (tertiary alicyclic amines) is 1. The molecule has 2 heterocycles. The van der Waals surface area contributed by atoms with Gasteiger partial charge in [0.05, 0.1) is 18.2 Å². The Balaban J connectivity index is 1.66. The van der Waals surface area contributed by atoms with Gasteiger partial charge in [0.15, 0.2) is 0 Å². The van der Waals surface area contributed by atoms with Crippen molar-refractivity contribution in [1.29, 1.82) is 0 Å². The first-order chi connectivity index (χ1) is 12.6. The van der Waals surface area contributed by atoms with Gasteiger partial charge in [-0.1, -0.05) is 43.2 Å². The lowest BCUT2D eigenvalue weighted by Crippen LogP contribution is -2.39. The Morgan fingerprint density at radius 3 is 2.46 bits per heavy atom. The van der Waals surface area contributed by atoms with E-state index >= 15 is 0 Å². The van der Waals surface area contributed by atoms with Crippen LogP contribution in [-0.4, -0.2) is 40.6 Å². The third kappa shape index (κ3) is 4.73. The van der Waals surface area contributed by atoms with Crippen molar-refractivity contribution in [3.8, 4) is 0 Å². The molecule has 0 saturated carbocycles. The van der Waals surface area contributed by atoms with Crippen molar-refractivity contribution in [1.82, 2.24) is 20.4 Å². The third-order valence-corrected chi connectivity index (χ3v) is 5.38. The molecule has 1 aromatic carbocycles. The maximum Gasteiger partial charge on any atom is 0.224 e. The SMILES string of the molecule is Cc1n[nH]c(C)c1CC(=O)NC[C@H](c1ccccc1)N1CCCCCC1. The predicted molar refractivity (Wildman–Crippen MR) is 104 cm³/mol. The summed E-state index contributed by atoms with van der Waals surface area (Å²) in [6, 6.07) is 10.8. The quantitative estimate of drug-likeness (QED) is 0.837. The standard InChI is InChI=1S/C21H30N4O/c1-16-19(17(2)24-23-16)14-21(26)22-15-20(18-10-6-5-7-11-18)25-12-8-3-4-9-13-25/h5-7,10-11,20H,3-4,8-9,12-15H2,1-2H3,(H,22,26)(H,23,24)/t20-/m1/s1. The zero-order valence-corrected chi connectivity index (χ0v) is 15.9. The van der Waals surface area contributed by atoms with Crippen LogP contribution in [0.3, 0.4) is 0 Å². The smallest absolute Gasteiger partial charge is 0.224 e. The van der Waals surface area contributed by atoms with Crippen LogP contribution in [0.4, 0.5) is 0 Å².